The van der Waals surface area contributed by atoms with Gasteiger partial charge in [-0.1, -0.05) is 23.7 Å². The van der Waals surface area contributed by atoms with Crippen LogP contribution in [0.2, 0.25) is 5.15 Å². The van der Waals surface area contributed by atoms with E-state index in [1.54, 1.807) is 14.0 Å². The minimum Gasteiger partial charge on any atom is -0.362 e. The predicted octanol–water partition coefficient (Wildman–Crippen LogP) is 3.59. The smallest absolute Gasteiger partial charge is 0.245 e. The van der Waals surface area contributed by atoms with Crippen LogP contribution in [0.3, 0.4) is 0 Å². The van der Waals surface area contributed by atoms with E-state index in [-0.39, 0.29) is 10.0 Å². The molecule has 1 saturated carbocycles. The van der Waals surface area contributed by atoms with E-state index in [0.717, 1.165) is 48.9 Å². The fourth-order valence-corrected chi connectivity index (χ4v) is 6.43. The van der Waals surface area contributed by atoms with Crippen molar-refractivity contribution in [3.05, 3.63) is 35.1 Å². The molecule has 2 aromatic heterocycles. The Balaban J connectivity index is 1.30. The van der Waals surface area contributed by atoms with Gasteiger partial charge in [-0.05, 0) is 56.6 Å². The summed E-state index contributed by atoms with van der Waals surface area (Å²) in [5.74, 6) is 2.34. The molecule has 0 atom stereocenters. The molecule has 0 amide bonds. The second kappa shape index (κ2) is 10.1. The number of hydrogen-bond acceptors (Lipinski definition) is 7. The first kappa shape index (κ1) is 24.7. The van der Waals surface area contributed by atoms with Gasteiger partial charge >= 0.3 is 0 Å². The second-order valence-corrected chi connectivity index (χ2v) is 11.3. The average molecular weight is 506 g/mol. The van der Waals surface area contributed by atoms with Crippen molar-refractivity contribution in [3.8, 4) is 0 Å². The number of sulfonamides is 1. The third-order valence-electron chi connectivity index (χ3n) is 6.45. The first-order chi connectivity index (χ1) is 16.2. The first-order valence-electron chi connectivity index (χ1n) is 11.5. The number of benzene rings is 1. The topological polar surface area (TPSA) is 105 Å². The Morgan fingerprint density at radius 3 is 2.35 bits per heavy atom. The van der Waals surface area contributed by atoms with Crippen LogP contribution in [0.5, 0.6) is 0 Å². The molecular weight excluding hydrogens is 474 g/mol. The summed E-state index contributed by atoms with van der Waals surface area (Å²) in [4.78, 5) is 11.5. The highest BCUT2D eigenvalue weighted by atomic mass is 35.5. The van der Waals surface area contributed by atoms with Gasteiger partial charge in [0.1, 0.15) is 15.9 Å². The number of rotatable bonds is 8. The highest BCUT2D eigenvalue weighted by molar-refractivity contribution is 7.89. The third-order valence-corrected chi connectivity index (χ3v) is 8.57. The van der Waals surface area contributed by atoms with Crippen LogP contribution in [0.25, 0.3) is 10.9 Å². The van der Waals surface area contributed by atoms with Crippen LogP contribution in [0, 0.1) is 18.8 Å². The van der Waals surface area contributed by atoms with Crippen molar-refractivity contribution < 1.29 is 8.42 Å². The molecule has 0 saturated heterocycles. The zero-order valence-corrected chi connectivity index (χ0v) is 21.6. The normalized spacial score (nSPS) is 18.9. The number of halogens is 1. The quantitative estimate of drug-likeness (QED) is 0.482. The second-order valence-electron chi connectivity index (χ2n) is 9.23. The zero-order chi connectivity index (χ0) is 24.5. The molecule has 3 aromatic rings. The van der Waals surface area contributed by atoms with Crippen LogP contribution < -0.4 is 14.9 Å². The van der Waals surface area contributed by atoms with Crippen LogP contribution in [0.4, 0.5) is 11.8 Å². The van der Waals surface area contributed by atoms with Gasteiger partial charge in [-0.15, -0.1) is 0 Å². The highest BCUT2D eigenvalue weighted by Crippen LogP contribution is 2.30. The van der Waals surface area contributed by atoms with Crippen LogP contribution >= 0.6 is 11.6 Å². The van der Waals surface area contributed by atoms with E-state index < -0.39 is 10.0 Å². The Morgan fingerprint density at radius 2 is 1.74 bits per heavy atom. The summed E-state index contributed by atoms with van der Waals surface area (Å²) in [5, 5.41) is 8.69. The van der Waals surface area contributed by atoms with Crippen molar-refractivity contribution in [1.29, 1.82) is 0 Å². The van der Waals surface area contributed by atoms with E-state index >= 15 is 0 Å². The largest absolute Gasteiger partial charge is 0.362 e. The molecule has 2 heterocycles. The van der Waals surface area contributed by atoms with E-state index in [1.807, 2.05) is 43.3 Å². The van der Waals surface area contributed by atoms with Crippen molar-refractivity contribution in [2.45, 2.75) is 37.5 Å². The number of nitrogens with zero attached hydrogens (tertiary/aromatic N) is 5. The Hall–Kier alpha value is -2.43. The Labute approximate surface area is 206 Å². The SMILES string of the molecule is Cc1nn(C)c(Cl)c1S(=O)(=O)NC[C@H]1CC[C@H](CNc2nc(N(C)C)c3ccccc3n2)CC1. The number of para-hydroxylation sites is 1. The van der Waals surface area contributed by atoms with Crippen molar-refractivity contribution >= 4 is 44.3 Å². The van der Waals surface area contributed by atoms with Gasteiger partial charge in [0, 0.05) is 39.6 Å². The Bertz CT molecular complexity index is 1270. The molecule has 0 bridgehead atoms. The molecule has 0 aliphatic heterocycles. The molecule has 11 heteroatoms. The van der Waals surface area contributed by atoms with Gasteiger partial charge in [0.25, 0.3) is 0 Å². The number of aromatic nitrogens is 4. The number of aryl methyl sites for hydroxylation is 2. The van der Waals surface area contributed by atoms with Gasteiger partial charge in [0.15, 0.2) is 0 Å². The molecule has 0 spiro atoms. The van der Waals surface area contributed by atoms with Crippen molar-refractivity contribution in [1.82, 2.24) is 24.5 Å². The van der Waals surface area contributed by atoms with E-state index in [2.05, 4.69) is 20.1 Å². The maximum atomic E-state index is 12.7. The lowest BCUT2D eigenvalue weighted by atomic mass is 9.82. The van der Waals surface area contributed by atoms with Gasteiger partial charge < -0.3 is 10.2 Å². The molecule has 1 aliphatic rings. The molecule has 1 aromatic carbocycles. The molecule has 2 N–H and O–H groups in total. The summed E-state index contributed by atoms with van der Waals surface area (Å²) in [7, 11) is 1.91. The molecule has 34 heavy (non-hydrogen) atoms. The Kier molecular flexibility index (Phi) is 7.30. The third kappa shape index (κ3) is 5.29. The summed E-state index contributed by atoms with van der Waals surface area (Å²) < 4.78 is 29.6. The number of anilines is 2. The van der Waals surface area contributed by atoms with E-state index in [9.17, 15) is 8.42 Å². The predicted molar refractivity (Wildman–Crippen MR) is 136 cm³/mol. The number of fused-ring (bicyclic) bond motifs is 1. The molecule has 9 nitrogen and oxygen atoms in total. The Morgan fingerprint density at radius 1 is 1.09 bits per heavy atom. The molecular formula is C23H32ClN7O2S. The molecule has 4 rings (SSSR count). The standard InChI is InChI=1S/C23H32ClN7O2S/c1-15-20(21(24)31(4)29-15)34(32,33)26-14-17-11-9-16(10-12-17)13-25-23-27-19-8-6-5-7-18(19)22(28-23)30(2)3/h5-8,16-17,26H,9-14H2,1-4H3,(H,25,27,28)/t16-,17-. The summed E-state index contributed by atoms with van der Waals surface area (Å²) in [6.45, 7) is 2.86. The zero-order valence-electron chi connectivity index (χ0n) is 20.0. The number of hydrogen-bond donors (Lipinski definition) is 2. The maximum Gasteiger partial charge on any atom is 0.245 e. The summed E-state index contributed by atoms with van der Waals surface area (Å²) >= 11 is 6.15. The minimum absolute atomic E-state index is 0.0713. The van der Waals surface area contributed by atoms with Gasteiger partial charge in [-0.2, -0.15) is 10.1 Å². The van der Waals surface area contributed by atoms with E-state index in [0.29, 0.717) is 30.0 Å². The molecule has 1 fully saturated rings. The average Bonchev–Trinajstić information content (AvgIpc) is 3.08. The van der Waals surface area contributed by atoms with Gasteiger partial charge in [0.05, 0.1) is 11.2 Å². The maximum absolute atomic E-state index is 12.7. The fraction of sp³-hybridized carbons (Fsp3) is 0.522. The molecule has 184 valence electrons. The lowest BCUT2D eigenvalue weighted by Crippen LogP contribution is -2.32. The van der Waals surface area contributed by atoms with Crippen LogP contribution in [0.1, 0.15) is 31.4 Å². The highest BCUT2D eigenvalue weighted by Gasteiger charge is 2.27. The lowest BCUT2D eigenvalue weighted by molar-refractivity contribution is 0.284. The summed E-state index contributed by atoms with van der Waals surface area (Å²) in [6, 6.07) is 8.02. The van der Waals surface area contributed by atoms with Crippen LogP contribution in [-0.2, 0) is 17.1 Å². The van der Waals surface area contributed by atoms with Crippen molar-refractivity contribution in [2.24, 2.45) is 18.9 Å². The van der Waals surface area contributed by atoms with E-state index in [4.69, 9.17) is 16.6 Å². The van der Waals surface area contributed by atoms with Crippen LogP contribution in [-0.4, -0.2) is 55.4 Å². The lowest BCUT2D eigenvalue weighted by Gasteiger charge is -2.28. The summed E-state index contributed by atoms with van der Waals surface area (Å²) in [6.07, 6.45) is 3.99. The van der Waals surface area contributed by atoms with Gasteiger partial charge in [-0.3, -0.25) is 4.68 Å². The van der Waals surface area contributed by atoms with Crippen LogP contribution in [0.15, 0.2) is 29.2 Å². The van der Waals surface area contributed by atoms with Gasteiger partial charge in [-0.25, -0.2) is 18.1 Å². The molecule has 0 radical (unpaired) electrons. The monoisotopic (exact) mass is 505 g/mol. The molecule has 1 aliphatic carbocycles. The number of nitrogens with one attached hydrogen (secondary N) is 2. The first-order valence-corrected chi connectivity index (χ1v) is 13.4. The van der Waals surface area contributed by atoms with Gasteiger partial charge in [0.2, 0.25) is 16.0 Å². The minimum atomic E-state index is -3.69. The van der Waals surface area contributed by atoms with Crippen molar-refractivity contribution in [3.63, 3.8) is 0 Å². The van der Waals surface area contributed by atoms with Crippen molar-refractivity contribution in [2.75, 3.05) is 37.4 Å². The summed E-state index contributed by atoms with van der Waals surface area (Å²) in [5.41, 5.74) is 1.33. The van der Waals surface area contributed by atoms with E-state index in [1.165, 1.54) is 4.68 Å². The fourth-order valence-electron chi connectivity index (χ4n) is 4.57. The molecule has 0 unspecified atom stereocenters.